The highest BCUT2D eigenvalue weighted by Crippen LogP contribution is 1.90. The lowest BCUT2D eigenvalue weighted by molar-refractivity contribution is 0.635. The van der Waals surface area contributed by atoms with E-state index >= 15 is 0 Å². The van der Waals surface area contributed by atoms with E-state index < -0.39 is 0 Å². The van der Waals surface area contributed by atoms with Crippen molar-refractivity contribution in [2.75, 3.05) is 19.6 Å². The minimum absolute atomic E-state index is 0.681. The van der Waals surface area contributed by atoms with Crippen LogP contribution >= 0.6 is 0 Å². The van der Waals surface area contributed by atoms with Gasteiger partial charge in [0.05, 0.1) is 0 Å². The van der Waals surface area contributed by atoms with Crippen molar-refractivity contribution in [1.29, 1.82) is 0 Å². The first-order valence-electron chi connectivity index (χ1n) is 4.14. The molecule has 0 aliphatic rings. The molecule has 2 heteroatoms. The van der Waals surface area contributed by atoms with E-state index in [1.165, 1.54) is 19.3 Å². The molecule has 0 unspecified atom stereocenters. The Morgan fingerprint density at radius 2 is 2.20 bits per heavy atom. The minimum atomic E-state index is 0.681. The van der Waals surface area contributed by atoms with E-state index in [-0.39, 0.29) is 0 Å². The quantitative estimate of drug-likeness (QED) is 0.520. The first-order chi connectivity index (χ1) is 4.91. The Balaban J connectivity index is 2.65. The summed E-state index contributed by atoms with van der Waals surface area (Å²) in [4.78, 5) is 0. The number of unbranched alkanes of at least 4 members (excludes halogenated alkanes) is 2. The maximum Gasteiger partial charge on any atom is -0.000484 e. The van der Waals surface area contributed by atoms with Crippen LogP contribution in [0.4, 0.5) is 0 Å². The van der Waals surface area contributed by atoms with E-state index in [2.05, 4.69) is 12.2 Å². The van der Waals surface area contributed by atoms with Gasteiger partial charge >= 0.3 is 0 Å². The lowest BCUT2D eigenvalue weighted by atomic mass is 10.2. The van der Waals surface area contributed by atoms with Crippen LogP contribution in [0.1, 0.15) is 26.2 Å². The van der Waals surface area contributed by atoms with Crippen molar-refractivity contribution in [2.45, 2.75) is 26.2 Å². The van der Waals surface area contributed by atoms with Gasteiger partial charge in [-0.15, -0.1) is 0 Å². The fourth-order valence-corrected chi connectivity index (χ4v) is 0.787. The molecule has 0 aliphatic heterocycles. The van der Waals surface area contributed by atoms with Gasteiger partial charge in [0.2, 0.25) is 0 Å². The van der Waals surface area contributed by atoms with Crippen molar-refractivity contribution in [3.05, 3.63) is 6.42 Å². The summed E-state index contributed by atoms with van der Waals surface area (Å²) >= 11 is 0. The predicted molar refractivity (Wildman–Crippen MR) is 45.7 cm³/mol. The van der Waals surface area contributed by atoms with E-state index in [1.807, 2.05) is 6.42 Å². The number of nitrogens with two attached hydrogens (primary N) is 1. The molecule has 2 nitrogen and oxygen atoms in total. The molecular formula is C8H19N2. The lowest BCUT2D eigenvalue weighted by Crippen LogP contribution is -2.19. The summed E-state index contributed by atoms with van der Waals surface area (Å²) in [6, 6.07) is 0. The summed E-state index contributed by atoms with van der Waals surface area (Å²) in [6.45, 7) is 4.98. The second-order valence-corrected chi connectivity index (χ2v) is 2.44. The Morgan fingerprint density at radius 1 is 1.40 bits per heavy atom. The zero-order chi connectivity index (χ0) is 7.66. The van der Waals surface area contributed by atoms with Gasteiger partial charge in [0.25, 0.3) is 0 Å². The highest BCUT2D eigenvalue weighted by atomic mass is 14.8. The first-order valence-corrected chi connectivity index (χ1v) is 4.14. The zero-order valence-electron chi connectivity index (χ0n) is 6.90. The van der Waals surface area contributed by atoms with E-state index in [0.29, 0.717) is 6.54 Å². The van der Waals surface area contributed by atoms with Crippen LogP contribution in [-0.4, -0.2) is 19.6 Å². The molecule has 0 saturated heterocycles. The van der Waals surface area contributed by atoms with E-state index in [9.17, 15) is 0 Å². The zero-order valence-corrected chi connectivity index (χ0v) is 6.90. The molecule has 0 saturated carbocycles. The second-order valence-electron chi connectivity index (χ2n) is 2.44. The van der Waals surface area contributed by atoms with Crippen LogP contribution in [0.3, 0.4) is 0 Å². The lowest BCUT2D eigenvalue weighted by Gasteiger charge is -2.00. The van der Waals surface area contributed by atoms with Crippen LogP contribution in [0.25, 0.3) is 0 Å². The Kier molecular flexibility index (Phi) is 8.85. The number of hydrogen-bond donors (Lipinski definition) is 2. The molecule has 3 N–H and O–H groups in total. The second kappa shape index (κ2) is 8.92. The number of hydrogen-bond acceptors (Lipinski definition) is 2. The van der Waals surface area contributed by atoms with Gasteiger partial charge < -0.3 is 11.1 Å². The summed E-state index contributed by atoms with van der Waals surface area (Å²) in [5, 5.41) is 3.29. The van der Waals surface area contributed by atoms with Crippen LogP contribution < -0.4 is 11.1 Å². The summed E-state index contributed by atoms with van der Waals surface area (Å²) in [7, 11) is 0. The standard InChI is InChI=1S/C8H19N2/c1-2-3-4-7-10-8-5-6-9/h5,10H,2-4,6-9H2,1H3. The molecule has 0 bridgehead atoms. The average molecular weight is 143 g/mol. The molecule has 0 fully saturated rings. The molecule has 0 aromatic carbocycles. The minimum Gasteiger partial charge on any atom is -0.330 e. The van der Waals surface area contributed by atoms with Crippen molar-refractivity contribution in [3.8, 4) is 0 Å². The Bertz CT molecular complexity index is 47.2. The molecule has 0 heterocycles. The van der Waals surface area contributed by atoms with Crippen molar-refractivity contribution < 1.29 is 0 Å². The molecule has 0 rings (SSSR count). The van der Waals surface area contributed by atoms with Gasteiger partial charge in [0, 0.05) is 0 Å². The van der Waals surface area contributed by atoms with Crippen molar-refractivity contribution >= 4 is 0 Å². The molecule has 0 aromatic heterocycles. The van der Waals surface area contributed by atoms with Crippen LogP contribution in [0.15, 0.2) is 0 Å². The number of nitrogens with one attached hydrogen (secondary N) is 1. The molecule has 0 aliphatic carbocycles. The first kappa shape index (κ1) is 9.92. The average Bonchev–Trinajstić information content (AvgIpc) is 1.97. The third-order valence-corrected chi connectivity index (χ3v) is 1.41. The van der Waals surface area contributed by atoms with Gasteiger partial charge in [-0.2, -0.15) is 0 Å². The topological polar surface area (TPSA) is 38.0 Å². The fraction of sp³-hybridized carbons (Fsp3) is 0.875. The monoisotopic (exact) mass is 143 g/mol. The van der Waals surface area contributed by atoms with Crippen molar-refractivity contribution in [3.63, 3.8) is 0 Å². The largest absolute Gasteiger partial charge is 0.330 e. The smallest absolute Gasteiger partial charge is 0.000484 e. The number of rotatable bonds is 7. The summed E-state index contributed by atoms with van der Waals surface area (Å²) in [5.74, 6) is 0. The highest BCUT2D eigenvalue weighted by molar-refractivity contribution is 4.67. The van der Waals surface area contributed by atoms with Gasteiger partial charge in [-0.25, -0.2) is 0 Å². The van der Waals surface area contributed by atoms with E-state index in [1.54, 1.807) is 0 Å². The molecule has 10 heavy (non-hydrogen) atoms. The molecular weight excluding hydrogens is 124 g/mol. The summed E-state index contributed by atoms with van der Waals surface area (Å²) < 4.78 is 0. The molecule has 0 spiro atoms. The van der Waals surface area contributed by atoms with E-state index in [4.69, 9.17) is 5.73 Å². The molecule has 0 amide bonds. The van der Waals surface area contributed by atoms with Gasteiger partial charge in [-0.05, 0) is 32.5 Å². The van der Waals surface area contributed by atoms with Gasteiger partial charge in [-0.1, -0.05) is 19.8 Å². The van der Waals surface area contributed by atoms with Gasteiger partial charge in [0.15, 0.2) is 0 Å². The van der Waals surface area contributed by atoms with Crippen molar-refractivity contribution in [2.24, 2.45) is 5.73 Å². The third-order valence-electron chi connectivity index (χ3n) is 1.41. The molecule has 61 valence electrons. The van der Waals surface area contributed by atoms with Crippen LogP contribution in [-0.2, 0) is 0 Å². The summed E-state index contributed by atoms with van der Waals surface area (Å²) in [5.41, 5.74) is 5.27. The summed E-state index contributed by atoms with van der Waals surface area (Å²) in [6.07, 6.45) is 5.96. The molecule has 1 radical (unpaired) electrons. The maximum atomic E-state index is 5.27. The predicted octanol–water partition coefficient (Wildman–Crippen LogP) is 0.929. The van der Waals surface area contributed by atoms with Crippen LogP contribution in [0.2, 0.25) is 0 Å². The van der Waals surface area contributed by atoms with Crippen LogP contribution in [0.5, 0.6) is 0 Å². The molecule has 0 aromatic rings. The van der Waals surface area contributed by atoms with Gasteiger partial charge in [0.1, 0.15) is 0 Å². The maximum absolute atomic E-state index is 5.27. The van der Waals surface area contributed by atoms with E-state index in [0.717, 1.165) is 13.1 Å². The Hall–Kier alpha value is -0.0800. The fourth-order valence-electron chi connectivity index (χ4n) is 0.787. The Morgan fingerprint density at radius 3 is 2.80 bits per heavy atom. The Labute approximate surface area is 64.2 Å². The molecule has 0 atom stereocenters. The SMILES string of the molecule is CCCCCNC[CH]CN. The third kappa shape index (κ3) is 7.92. The van der Waals surface area contributed by atoms with Crippen molar-refractivity contribution in [1.82, 2.24) is 5.32 Å². The normalized spacial score (nSPS) is 10.2. The van der Waals surface area contributed by atoms with Gasteiger partial charge in [-0.3, -0.25) is 0 Å². The highest BCUT2D eigenvalue weighted by Gasteiger charge is 1.85. The van der Waals surface area contributed by atoms with Crippen LogP contribution in [0, 0.1) is 6.42 Å².